The first kappa shape index (κ1) is 12.1. The summed E-state index contributed by atoms with van der Waals surface area (Å²) in [4.78, 5) is 8.55. The van der Waals surface area contributed by atoms with Crippen molar-refractivity contribution in [3.63, 3.8) is 0 Å². The minimum atomic E-state index is 0.377. The number of anilines is 2. The van der Waals surface area contributed by atoms with Gasteiger partial charge in [-0.15, -0.1) is 0 Å². The second-order valence-electron chi connectivity index (χ2n) is 4.35. The number of nitrogens with zero attached hydrogens (tertiary/aromatic N) is 2. The van der Waals surface area contributed by atoms with E-state index in [0.717, 1.165) is 32.0 Å². The van der Waals surface area contributed by atoms with Crippen molar-refractivity contribution in [1.82, 2.24) is 9.97 Å². The van der Waals surface area contributed by atoms with Gasteiger partial charge in [0.05, 0.1) is 6.61 Å². The quantitative estimate of drug-likeness (QED) is 0.815. The Labute approximate surface area is 102 Å². The molecule has 1 aliphatic rings. The van der Waals surface area contributed by atoms with Crippen molar-refractivity contribution in [1.29, 1.82) is 0 Å². The Morgan fingerprint density at radius 2 is 2.47 bits per heavy atom. The Hall–Kier alpha value is -1.36. The zero-order valence-corrected chi connectivity index (χ0v) is 10.4. The zero-order chi connectivity index (χ0) is 12.1. The zero-order valence-electron chi connectivity index (χ0n) is 10.4. The monoisotopic (exact) mass is 236 g/mol. The number of hydrogen-bond acceptors (Lipinski definition) is 5. The maximum Gasteiger partial charge on any atom is 0.224 e. The molecular weight excluding hydrogens is 216 g/mol. The lowest BCUT2D eigenvalue weighted by molar-refractivity contribution is 0.183. The molecular formula is C12H20N4O. The highest BCUT2D eigenvalue weighted by Crippen LogP contribution is 2.19. The third-order valence-electron chi connectivity index (χ3n) is 3.04. The number of rotatable bonds is 5. The summed E-state index contributed by atoms with van der Waals surface area (Å²) in [5.41, 5.74) is 0. The van der Waals surface area contributed by atoms with Crippen LogP contribution in [-0.4, -0.2) is 35.8 Å². The summed E-state index contributed by atoms with van der Waals surface area (Å²) in [5.74, 6) is 2.12. The van der Waals surface area contributed by atoms with E-state index in [1.165, 1.54) is 0 Å². The highest BCUT2D eigenvalue weighted by Gasteiger charge is 2.22. The van der Waals surface area contributed by atoms with Crippen molar-refractivity contribution in [2.75, 3.05) is 30.4 Å². The maximum absolute atomic E-state index is 5.39. The van der Waals surface area contributed by atoms with Crippen molar-refractivity contribution < 1.29 is 4.74 Å². The average Bonchev–Trinajstić information content (AvgIpc) is 2.83. The molecule has 0 saturated carbocycles. The fourth-order valence-electron chi connectivity index (χ4n) is 1.98. The van der Waals surface area contributed by atoms with E-state index in [4.69, 9.17) is 4.74 Å². The van der Waals surface area contributed by atoms with Crippen molar-refractivity contribution in [3.8, 4) is 0 Å². The van der Waals surface area contributed by atoms with Gasteiger partial charge in [-0.1, -0.05) is 0 Å². The highest BCUT2D eigenvalue weighted by atomic mass is 16.5. The van der Waals surface area contributed by atoms with Crippen LogP contribution in [0.5, 0.6) is 0 Å². The fourth-order valence-corrected chi connectivity index (χ4v) is 1.98. The maximum atomic E-state index is 5.39. The van der Waals surface area contributed by atoms with Crippen LogP contribution in [-0.2, 0) is 4.74 Å². The van der Waals surface area contributed by atoms with E-state index < -0.39 is 0 Å². The van der Waals surface area contributed by atoms with E-state index in [2.05, 4.69) is 27.5 Å². The molecule has 17 heavy (non-hydrogen) atoms. The van der Waals surface area contributed by atoms with Gasteiger partial charge in [-0.2, -0.15) is 4.98 Å². The lowest BCUT2D eigenvalue weighted by atomic mass is 10.0. The molecule has 2 N–H and O–H groups in total. The predicted octanol–water partition coefficient (Wildman–Crippen LogP) is 1.75. The van der Waals surface area contributed by atoms with Crippen molar-refractivity contribution in [2.45, 2.75) is 26.3 Å². The van der Waals surface area contributed by atoms with E-state index in [1.54, 1.807) is 6.20 Å². The Kier molecular flexibility index (Phi) is 4.14. The molecule has 2 unspecified atom stereocenters. The molecule has 5 heteroatoms. The van der Waals surface area contributed by atoms with Crippen molar-refractivity contribution in [3.05, 3.63) is 12.3 Å². The topological polar surface area (TPSA) is 59.1 Å². The molecule has 1 saturated heterocycles. The van der Waals surface area contributed by atoms with E-state index in [0.29, 0.717) is 17.9 Å². The minimum Gasteiger partial charge on any atom is -0.381 e. The van der Waals surface area contributed by atoms with Gasteiger partial charge in [-0.25, -0.2) is 4.98 Å². The Balaban J connectivity index is 1.94. The molecule has 2 atom stereocenters. The van der Waals surface area contributed by atoms with Crippen LogP contribution in [0.1, 0.15) is 20.3 Å². The first-order valence-electron chi connectivity index (χ1n) is 6.20. The molecule has 2 heterocycles. The minimum absolute atomic E-state index is 0.377. The molecule has 1 aliphatic heterocycles. The highest BCUT2D eigenvalue weighted by molar-refractivity contribution is 5.40. The molecule has 0 radical (unpaired) electrons. The Morgan fingerprint density at radius 3 is 3.18 bits per heavy atom. The first-order valence-corrected chi connectivity index (χ1v) is 6.20. The molecule has 0 amide bonds. The number of aromatic nitrogens is 2. The third kappa shape index (κ3) is 3.30. The van der Waals surface area contributed by atoms with Gasteiger partial charge < -0.3 is 15.4 Å². The standard InChI is InChI=1S/C12H20N4O/c1-3-13-12-14-6-4-11(16-12)15-9(2)10-5-7-17-8-10/h4,6,9-10H,3,5,7-8H2,1-2H3,(H2,13,14,15,16). The van der Waals surface area contributed by atoms with Crippen LogP contribution in [0.4, 0.5) is 11.8 Å². The molecule has 0 spiro atoms. The molecule has 0 aliphatic carbocycles. The van der Waals surface area contributed by atoms with Crippen molar-refractivity contribution in [2.24, 2.45) is 5.92 Å². The summed E-state index contributed by atoms with van der Waals surface area (Å²) in [5, 5.41) is 6.52. The normalized spacial score (nSPS) is 21.2. The molecule has 0 aromatic carbocycles. The van der Waals surface area contributed by atoms with E-state index in [-0.39, 0.29) is 0 Å². The second-order valence-corrected chi connectivity index (χ2v) is 4.35. The summed E-state index contributed by atoms with van der Waals surface area (Å²) in [6.45, 7) is 6.76. The molecule has 94 valence electrons. The Morgan fingerprint density at radius 1 is 1.59 bits per heavy atom. The van der Waals surface area contributed by atoms with Crippen LogP contribution in [0.3, 0.4) is 0 Å². The molecule has 1 fully saturated rings. The number of ether oxygens (including phenoxy) is 1. The van der Waals surface area contributed by atoms with Crippen LogP contribution in [0.2, 0.25) is 0 Å². The van der Waals surface area contributed by atoms with Gasteiger partial charge in [0, 0.05) is 31.3 Å². The van der Waals surface area contributed by atoms with Crippen LogP contribution in [0.15, 0.2) is 12.3 Å². The van der Waals surface area contributed by atoms with E-state index in [1.807, 2.05) is 13.0 Å². The summed E-state index contributed by atoms with van der Waals surface area (Å²) in [6.07, 6.45) is 2.89. The van der Waals surface area contributed by atoms with Crippen molar-refractivity contribution >= 4 is 11.8 Å². The van der Waals surface area contributed by atoms with Gasteiger partial charge in [0.25, 0.3) is 0 Å². The fraction of sp³-hybridized carbons (Fsp3) is 0.667. The number of hydrogen-bond donors (Lipinski definition) is 2. The van der Waals surface area contributed by atoms with Gasteiger partial charge in [-0.3, -0.25) is 0 Å². The van der Waals surface area contributed by atoms with Gasteiger partial charge in [0.2, 0.25) is 5.95 Å². The summed E-state index contributed by atoms with van der Waals surface area (Å²) in [6, 6.07) is 2.27. The van der Waals surface area contributed by atoms with E-state index >= 15 is 0 Å². The van der Waals surface area contributed by atoms with Gasteiger partial charge in [-0.05, 0) is 26.3 Å². The molecule has 2 rings (SSSR count). The molecule has 1 aromatic rings. The Bertz CT molecular complexity index is 352. The SMILES string of the molecule is CCNc1nccc(NC(C)C2CCOC2)n1. The van der Waals surface area contributed by atoms with Gasteiger partial charge >= 0.3 is 0 Å². The van der Waals surface area contributed by atoms with Crippen LogP contribution in [0.25, 0.3) is 0 Å². The summed E-state index contributed by atoms with van der Waals surface area (Å²) >= 11 is 0. The summed E-state index contributed by atoms with van der Waals surface area (Å²) in [7, 11) is 0. The van der Waals surface area contributed by atoms with E-state index in [9.17, 15) is 0 Å². The second kappa shape index (κ2) is 5.82. The summed E-state index contributed by atoms with van der Waals surface area (Å²) < 4.78 is 5.39. The molecule has 1 aromatic heterocycles. The first-order chi connectivity index (χ1) is 8.29. The van der Waals surface area contributed by atoms with Gasteiger partial charge in [0.15, 0.2) is 0 Å². The average molecular weight is 236 g/mol. The van der Waals surface area contributed by atoms with Crippen LogP contribution < -0.4 is 10.6 Å². The predicted molar refractivity (Wildman–Crippen MR) is 68.2 cm³/mol. The lowest BCUT2D eigenvalue weighted by Crippen LogP contribution is -2.26. The van der Waals surface area contributed by atoms with Gasteiger partial charge in [0.1, 0.15) is 5.82 Å². The van der Waals surface area contributed by atoms with Crippen LogP contribution >= 0.6 is 0 Å². The lowest BCUT2D eigenvalue weighted by Gasteiger charge is -2.19. The largest absolute Gasteiger partial charge is 0.381 e. The smallest absolute Gasteiger partial charge is 0.224 e. The third-order valence-corrected chi connectivity index (χ3v) is 3.04. The molecule has 0 bridgehead atoms. The number of nitrogens with one attached hydrogen (secondary N) is 2. The molecule has 5 nitrogen and oxygen atoms in total. The van der Waals surface area contributed by atoms with Crippen LogP contribution in [0, 0.1) is 5.92 Å².